The first-order valence-electron chi connectivity index (χ1n) is 12.3. The van der Waals surface area contributed by atoms with Crippen molar-refractivity contribution in [2.75, 3.05) is 10.8 Å². The predicted molar refractivity (Wildman–Crippen MR) is 157 cm³/mol. The summed E-state index contributed by atoms with van der Waals surface area (Å²) in [5, 5.41) is 4.05. The van der Waals surface area contributed by atoms with Crippen molar-refractivity contribution in [3.63, 3.8) is 0 Å². The Balaban J connectivity index is 2.03. The van der Waals surface area contributed by atoms with Crippen LogP contribution in [0, 0.1) is 0 Å². The van der Waals surface area contributed by atoms with E-state index in [0.717, 1.165) is 4.31 Å². The average Bonchev–Trinajstić information content (AvgIpc) is 2.91. The first-order valence-corrected chi connectivity index (χ1v) is 14.9. The van der Waals surface area contributed by atoms with Gasteiger partial charge in [-0.15, -0.1) is 0 Å². The van der Waals surface area contributed by atoms with E-state index in [0.29, 0.717) is 27.1 Å². The number of rotatable bonds is 11. The van der Waals surface area contributed by atoms with Crippen LogP contribution in [0.3, 0.4) is 0 Å². The summed E-state index contributed by atoms with van der Waals surface area (Å²) < 4.78 is 28.5. The zero-order valence-corrected chi connectivity index (χ0v) is 24.9. The Morgan fingerprint density at radius 3 is 2.10 bits per heavy atom. The highest BCUT2D eigenvalue weighted by molar-refractivity contribution is 7.92. The molecule has 11 heteroatoms. The Labute approximate surface area is 244 Å². The van der Waals surface area contributed by atoms with E-state index in [-0.39, 0.29) is 29.1 Å². The number of carbonyl (C=O) groups is 2. The molecule has 0 radical (unpaired) electrons. The fourth-order valence-corrected chi connectivity index (χ4v) is 5.77. The lowest BCUT2D eigenvalue weighted by atomic mass is 10.1. The van der Waals surface area contributed by atoms with Crippen molar-refractivity contribution in [1.82, 2.24) is 10.2 Å². The number of carbonyl (C=O) groups excluding carboxylic acids is 2. The van der Waals surface area contributed by atoms with Crippen LogP contribution in [-0.4, -0.2) is 43.8 Å². The van der Waals surface area contributed by atoms with Crippen molar-refractivity contribution < 1.29 is 18.0 Å². The standard InChI is InChI=1S/C28H30Cl3N3O4S/c1-4-19(2)32-28(36)20(3)33(17-21-10-11-23(30)16-26(21)31)27(35)18-34(24-14-12-22(29)13-15-24)39(37,38)25-8-6-5-7-9-25/h5-16,19-20H,4,17-18H2,1-3H3,(H,32,36)/t19-,20-/m0/s1. The van der Waals surface area contributed by atoms with E-state index in [1.807, 2.05) is 13.8 Å². The van der Waals surface area contributed by atoms with Gasteiger partial charge >= 0.3 is 0 Å². The molecule has 1 N–H and O–H groups in total. The second kappa shape index (κ2) is 13.5. The number of nitrogens with one attached hydrogen (secondary N) is 1. The van der Waals surface area contributed by atoms with E-state index in [1.54, 1.807) is 55.5 Å². The predicted octanol–water partition coefficient (Wildman–Crippen LogP) is 6.17. The topological polar surface area (TPSA) is 86.8 Å². The molecule has 3 rings (SSSR count). The molecule has 0 heterocycles. The van der Waals surface area contributed by atoms with E-state index in [2.05, 4.69) is 5.32 Å². The fourth-order valence-electron chi connectivity index (χ4n) is 3.74. The first-order chi connectivity index (χ1) is 18.4. The zero-order valence-electron chi connectivity index (χ0n) is 21.8. The van der Waals surface area contributed by atoms with Gasteiger partial charge in [-0.1, -0.05) is 66.0 Å². The summed E-state index contributed by atoms with van der Waals surface area (Å²) in [5.74, 6) is -0.964. The van der Waals surface area contributed by atoms with Crippen LogP contribution in [0.4, 0.5) is 5.69 Å². The minimum atomic E-state index is -4.15. The molecule has 0 aliphatic heterocycles. The van der Waals surface area contributed by atoms with Gasteiger partial charge in [0, 0.05) is 27.7 Å². The van der Waals surface area contributed by atoms with Crippen LogP contribution in [0.15, 0.2) is 77.7 Å². The summed E-state index contributed by atoms with van der Waals surface area (Å²) in [6.45, 7) is 4.79. The second-order valence-electron chi connectivity index (χ2n) is 9.05. The molecule has 0 spiro atoms. The summed E-state index contributed by atoms with van der Waals surface area (Å²) >= 11 is 18.5. The van der Waals surface area contributed by atoms with Crippen molar-refractivity contribution >= 4 is 62.3 Å². The van der Waals surface area contributed by atoms with Crippen molar-refractivity contribution in [3.8, 4) is 0 Å². The quantitative estimate of drug-likeness (QED) is 0.281. The van der Waals surface area contributed by atoms with E-state index >= 15 is 0 Å². The van der Waals surface area contributed by atoms with Crippen LogP contribution < -0.4 is 9.62 Å². The van der Waals surface area contributed by atoms with Crippen molar-refractivity contribution in [2.24, 2.45) is 0 Å². The maximum Gasteiger partial charge on any atom is 0.264 e. The van der Waals surface area contributed by atoms with Crippen LogP contribution in [0.25, 0.3) is 0 Å². The molecule has 0 bridgehead atoms. The zero-order chi connectivity index (χ0) is 28.7. The van der Waals surface area contributed by atoms with Gasteiger partial charge in [-0.2, -0.15) is 0 Å². The fraction of sp³-hybridized carbons (Fsp3) is 0.286. The van der Waals surface area contributed by atoms with E-state index in [1.165, 1.54) is 29.2 Å². The summed E-state index contributed by atoms with van der Waals surface area (Å²) in [7, 11) is -4.15. The van der Waals surface area contributed by atoms with Crippen LogP contribution in [0.2, 0.25) is 15.1 Å². The summed E-state index contributed by atoms with van der Waals surface area (Å²) in [4.78, 5) is 28.3. The molecule has 2 amide bonds. The molecule has 39 heavy (non-hydrogen) atoms. The highest BCUT2D eigenvalue weighted by atomic mass is 35.5. The molecule has 2 atom stereocenters. The average molecular weight is 611 g/mol. The van der Waals surface area contributed by atoms with E-state index in [9.17, 15) is 18.0 Å². The number of hydrogen-bond donors (Lipinski definition) is 1. The molecule has 3 aromatic carbocycles. The minimum Gasteiger partial charge on any atom is -0.352 e. The van der Waals surface area contributed by atoms with Gasteiger partial charge in [0.2, 0.25) is 11.8 Å². The number of anilines is 1. The lowest BCUT2D eigenvalue weighted by Crippen LogP contribution is -2.52. The monoisotopic (exact) mass is 609 g/mol. The summed E-state index contributed by atoms with van der Waals surface area (Å²) in [6, 6.07) is 17.8. The summed E-state index contributed by atoms with van der Waals surface area (Å²) in [6.07, 6.45) is 0.703. The molecule has 0 saturated heterocycles. The minimum absolute atomic E-state index is 0.0163. The van der Waals surface area contributed by atoms with Gasteiger partial charge in [0.25, 0.3) is 10.0 Å². The van der Waals surface area contributed by atoms with Crippen molar-refractivity contribution in [2.45, 2.75) is 50.7 Å². The molecule has 0 unspecified atom stereocenters. The van der Waals surface area contributed by atoms with Gasteiger partial charge in [-0.3, -0.25) is 13.9 Å². The largest absolute Gasteiger partial charge is 0.352 e. The number of benzene rings is 3. The van der Waals surface area contributed by atoms with Crippen molar-refractivity contribution in [1.29, 1.82) is 0 Å². The Hall–Kier alpha value is -2.78. The van der Waals surface area contributed by atoms with Crippen LogP contribution in [0.5, 0.6) is 0 Å². The molecular weight excluding hydrogens is 581 g/mol. The SMILES string of the molecule is CC[C@H](C)NC(=O)[C@H](C)N(Cc1ccc(Cl)cc1Cl)C(=O)CN(c1ccc(Cl)cc1)S(=O)(=O)c1ccccc1. The summed E-state index contributed by atoms with van der Waals surface area (Å²) in [5.41, 5.74) is 0.805. The maximum absolute atomic E-state index is 13.9. The Bertz CT molecular complexity index is 1400. The molecule has 0 aromatic heterocycles. The Morgan fingerprint density at radius 1 is 0.897 bits per heavy atom. The Morgan fingerprint density at radius 2 is 1.51 bits per heavy atom. The van der Waals surface area contributed by atoms with Gasteiger partial charge in [-0.05, 0) is 74.4 Å². The molecule has 3 aromatic rings. The Kier molecular flexibility index (Phi) is 10.7. The number of sulfonamides is 1. The first kappa shape index (κ1) is 30.8. The van der Waals surface area contributed by atoms with Crippen LogP contribution in [-0.2, 0) is 26.2 Å². The van der Waals surface area contributed by atoms with Crippen LogP contribution in [0.1, 0.15) is 32.8 Å². The number of hydrogen-bond acceptors (Lipinski definition) is 4. The van der Waals surface area contributed by atoms with E-state index in [4.69, 9.17) is 34.8 Å². The molecular formula is C28H30Cl3N3O4S. The van der Waals surface area contributed by atoms with Gasteiger partial charge in [0.15, 0.2) is 0 Å². The molecule has 7 nitrogen and oxygen atoms in total. The van der Waals surface area contributed by atoms with E-state index < -0.39 is 28.5 Å². The number of nitrogens with zero attached hydrogens (tertiary/aromatic N) is 2. The number of amides is 2. The molecule has 208 valence electrons. The van der Waals surface area contributed by atoms with Gasteiger partial charge in [-0.25, -0.2) is 8.42 Å². The molecule has 0 saturated carbocycles. The lowest BCUT2D eigenvalue weighted by molar-refractivity contribution is -0.139. The van der Waals surface area contributed by atoms with Crippen molar-refractivity contribution in [3.05, 3.63) is 93.4 Å². The molecule has 0 fully saturated rings. The third-order valence-corrected chi connectivity index (χ3v) is 8.88. The highest BCUT2D eigenvalue weighted by Gasteiger charge is 2.33. The highest BCUT2D eigenvalue weighted by Crippen LogP contribution is 2.27. The smallest absolute Gasteiger partial charge is 0.264 e. The van der Waals surface area contributed by atoms with Gasteiger partial charge < -0.3 is 10.2 Å². The number of halogens is 3. The normalized spacial score (nSPS) is 12.9. The maximum atomic E-state index is 13.9. The van der Waals surface area contributed by atoms with Gasteiger partial charge in [0.05, 0.1) is 10.6 Å². The second-order valence-corrected chi connectivity index (χ2v) is 12.2. The van der Waals surface area contributed by atoms with Gasteiger partial charge in [0.1, 0.15) is 12.6 Å². The third-order valence-electron chi connectivity index (χ3n) is 6.25. The molecule has 0 aliphatic carbocycles. The third kappa shape index (κ3) is 7.88. The van der Waals surface area contributed by atoms with Crippen LogP contribution >= 0.6 is 34.8 Å². The lowest BCUT2D eigenvalue weighted by Gasteiger charge is -2.32. The molecule has 0 aliphatic rings.